The maximum atomic E-state index is 14.0. The van der Waals surface area contributed by atoms with Gasteiger partial charge in [-0.2, -0.15) is 13.2 Å². The summed E-state index contributed by atoms with van der Waals surface area (Å²) >= 11 is 0. The molecule has 170 valence electrons. The second-order valence-corrected chi connectivity index (χ2v) is 8.19. The van der Waals surface area contributed by atoms with E-state index in [1.54, 1.807) is 37.4 Å². The molecule has 1 aliphatic rings. The second kappa shape index (κ2) is 9.66. The predicted octanol–water partition coefficient (Wildman–Crippen LogP) is 4.59. The summed E-state index contributed by atoms with van der Waals surface area (Å²) in [6, 6.07) is 11.1. The van der Waals surface area contributed by atoms with E-state index in [9.17, 15) is 18.0 Å². The van der Waals surface area contributed by atoms with Crippen LogP contribution in [0, 0.1) is 18.3 Å². The molecular formula is C25H27F3N2O2. The molecule has 3 rings (SSSR count). The Morgan fingerprint density at radius 2 is 1.88 bits per heavy atom. The fourth-order valence-electron chi connectivity index (χ4n) is 4.25. The van der Waals surface area contributed by atoms with E-state index in [2.05, 4.69) is 5.92 Å². The Morgan fingerprint density at radius 1 is 1.19 bits per heavy atom. The van der Waals surface area contributed by atoms with Gasteiger partial charge in [-0.15, -0.1) is 12.3 Å². The lowest BCUT2D eigenvalue weighted by atomic mass is 9.79. The highest BCUT2D eigenvalue weighted by Crippen LogP contribution is 2.44. The number of rotatable bonds is 6. The van der Waals surface area contributed by atoms with Gasteiger partial charge in [0.2, 0.25) is 5.91 Å². The Morgan fingerprint density at radius 3 is 2.44 bits per heavy atom. The first-order valence-corrected chi connectivity index (χ1v) is 10.4. The zero-order chi connectivity index (χ0) is 23.5. The molecule has 0 saturated carbocycles. The highest BCUT2D eigenvalue weighted by Gasteiger charge is 2.42. The van der Waals surface area contributed by atoms with Crippen LogP contribution in [-0.2, 0) is 17.4 Å². The highest BCUT2D eigenvalue weighted by atomic mass is 19.4. The van der Waals surface area contributed by atoms with Crippen molar-refractivity contribution >= 4 is 11.6 Å². The number of terminal acetylenes is 1. The number of carbonyl (C=O) groups excluding carboxylic acids is 1. The summed E-state index contributed by atoms with van der Waals surface area (Å²) in [5.74, 6) is 1.83. The van der Waals surface area contributed by atoms with Crippen LogP contribution in [0.4, 0.5) is 18.9 Å². The van der Waals surface area contributed by atoms with Crippen LogP contribution >= 0.6 is 0 Å². The molecule has 0 unspecified atom stereocenters. The molecule has 0 bridgehead atoms. The van der Waals surface area contributed by atoms with Gasteiger partial charge in [0.05, 0.1) is 18.6 Å². The van der Waals surface area contributed by atoms with E-state index in [0.717, 1.165) is 11.6 Å². The minimum absolute atomic E-state index is 0.0634. The standard InChI is InChI=1S/C25H27F3N2O2/c1-5-7-19-20(17-10-12-18(32-4)13-11-17)16-21-22(25(26,27)28)8-6-9-23(21)30(24(19)31)15-14-29(2)3/h1,6,8-13,19-20H,7,14-16H2,2-4H3/t19-,20+/m0/s1. The van der Waals surface area contributed by atoms with Crippen LogP contribution in [0.5, 0.6) is 5.75 Å². The second-order valence-electron chi connectivity index (χ2n) is 8.19. The molecule has 2 aromatic rings. The number of anilines is 1. The smallest absolute Gasteiger partial charge is 0.416 e. The van der Waals surface area contributed by atoms with E-state index in [-0.39, 0.29) is 30.9 Å². The Bertz CT molecular complexity index is 994. The summed E-state index contributed by atoms with van der Waals surface area (Å²) in [6.45, 7) is 0.786. The van der Waals surface area contributed by atoms with E-state index >= 15 is 0 Å². The summed E-state index contributed by atoms with van der Waals surface area (Å²) in [6.07, 6.45) is 1.28. The summed E-state index contributed by atoms with van der Waals surface area (Å²) in [5, 5.41) is 0. The number of alkyl halides is 3. The maximum Gasteiger partial charge on any atom is 0.416 e. The number of nitrogens with zero attached hydrogens (tertiary/aromatic N) is 2. The third-order valence-corrected chi connectivity index (χ3v) is 5.89. The average Bonchev–Trinajstić information content (AvgIpc) is 2.86. The van der Waals surface area contributed by atoms with Crippen molar-refractivity contribution in [1.82, 2.24) is 4.90 Å². The molecule has 0 N–H and O–H groups in total. The number of methoxy groups -OCH3 is 1. The quantitative estimate of drug-likeness (QED) is 0.611. The lowest BCUT2D eigenvalue weighted by molar-refractivity contribution is -0.138. The van der Waals surface area contributed by atoms with Gasteiger partial charge in [-0.3, -0.25) is 4.79 Å². The topological polar surface area (TPSA) is 32.8 Å². The lowest BCUT2D eigenvalue weighted by Gasteiger charge is -2.29. The van der Waals surface area contributed by atoms with Crippen molar-refractivity contribution < 1.29 is 22.7 Å². The highest BCUT2D eigenvalue weighted by molar-refractivity contribution is 5.97. The van der Waals surface area contributed by atoms with E-state index in [4.69, 9.17) is 11.2 Å². The Kier molecular flexibility index (Phi) is 7.15. The molecule has 0 saturated heterocycles. The number of halogens is 3. The van der Waals surface area contributed by atoms with Crippen molar-refractivity contribution in [3.8, 4) is 18.1 Å². The molecule has 32 heavy (non-hydrogen) atoms. The molecule has 0 spiro atoms. The first kappa shape index (κ1) is 23.7. The van der Waals surface area contributed by atoms with Crippen molar-refractivity contribution in [2.45, 2.75) is 24.9 Å². The van der Waals surface area contributed by atoms with Crippen LogP contribution in [0.3, 0.4) is 0 Å². The molecule has 1 amide bonds. The van der Waals surface area contributed by atoms with Gasteiger partial charge in [0.15, 0.2) is 0 Å². The summed E-state index contributed by atoms with van der Waals surface area (Å²) in [5.41, 5.74) is 0.492. The van der Waals surface area contributed by atoms with Gasteiger partial charge in [-0.25, -0.2) is 0 Å². The summed E-state index contributed by atoms with van der Waals surface area (Å²) in [4.78, 5) is 17.1. The third-order valence-electron chi connectivity index (χ3n) is 5.89. The van der Waals surface area contributed by atoms with Gasteiger partial charge in [0.25, 0.3) is 0 Å². The molecule has 2 aromatic carbocycles. The van der Waals surface area contributed by atoms with Crippen molar-refractivity contribution in [2.75, 3.05) is 39.2 Å². The molecular weight excluding hydrogens is 417 g/mol. The van der Waals surface area contributed by atoms with Gasteiger partial charge >= 0.3 is 6.18 Å². The normalized spacial score (nSPS) is 18.8. The summed E-state index contributed by atoms with van der Waals surface area (Å²) in [7, 11) is 5.25. The molecule has 7 heteroatoms. The molecule has 0 radical (unpaired) electrons. The van der Waals surface area contributed by atoms with E-state index in [1.165, 1.54) is 11.0 Å². The van der Waals surface area contributed by atoms with E-state index < -0.39 is 23.6 Å². The largest absolute Gasteiger partial charge is 0.497 e. The van der Waals surface area contributed by atoms with Gasteiger partial charge < -0.3 is 14.5 Å². The number of carbonyl (C=O) groups is 1. The Labute approximate surface area is 187 Å². The molecule has 1 aliphatic heterocycles. The first-order valence-electron chi connectivity index (χ1n) is 10.4. The number of hydrogen-bond acceptors (Lipinski definition) is 3. The van der Waals surface area contributed by atoms with Crippen molar-refractivity contribution in [2.24, 2.45) is 5.92 Å². The van der Waals surface area contributed by atoms with Crippen LogP contribution in [0.15, 0.2) is 42.5 Å². The Hall–Kier alpha value is -2.98. The zero-order valence-electron chi connectivity index (χ0n) is 18.4. The summed E-state index contributed by atoms with van der Waals surface area (Å²) < 4.78 is 47.1. The molecule has 0 fully saturated rings. The van der Waals surface area contributed by atoms with Crippen molar-refractivity contribution in [1.29, 1.82) is 0 Å². The van der Waals surface area contributed by atoms with Crippen LogP contribution in [-0.4, -0.2) is 45.1 Å². The fraction of sp³-hybridized carbons (Fsp3) is 0.400. The minimum Gasteiger partial charge on any atom is -0.497 e. The van der Waals surface area contributed by atoms with Gasteiger partial charge in [-0.1, -0.05) is 18.2 Å². The number of likely N-dealkylation sites (N-methyl/N-ethyl adjacent to an activating group) is 1. The lowest BCUT2D eigenvalue weighted by Crippen LogP contribution is -2.41. The van der Waals surface area contributed by atoms with Gasteiger partial charge in [0, 0.05) is 31.1 Å². The Balaban J connectivity index is 2.19. The van der Waals surface area contributed by atoms with Crippen molar-refractivity contribution in [3.63, 3.8) is 0 Å². The zero-order valence-corrected chi connectivity index (χ0v) is 18.4. The number of amides is 1. The number of benzene rings is 2. The number of ether oxygens (including phenoxy) is 1. The molecule has 4 nitrogen and oxygen atoms in total. The van der Waals surface area contributed by atoms with Crippen LogP contribution in [0.25, 0.3) is 0 Å². The van der Waals surface area contributed by atoms with Gasteiger partial charge in [0.1, 0.15) is 5.75 Å². The molecule has 2 atom stereocenters. The van der Waals surface area contributed by atoms with E-state index in [1.807, 2.05) is 19.0 Å². The average molecular weight is 444 g/mol. The molecule has 1 heterocycles. The van der Waals surface area contributed by atoms with E-state index in [0.29, 0.717) is 18.0 Å². The molecule has 0 aromatic heterocycles. The molecule has 0 aliphatic carbocycles. The van der Waals surface area contributed by atoms with Gasteiger partial charge in [-0.05, 0) is 55.9 Å². The van der Waals surface area contributed by atoms with Crippen molar-refractivity contribution in [3.05, 3.63) is 59.2 Å². The van der Waals surface area contributed by atoms with Crippen LogP contribution in [0.1, 0.15) is 29.0 Å². The third kappa shape index (κ3) is 4.91. The van der Waals surface area contributed by atoms with Crippen LogP contribution in [0.2, 0.25) is 0 Å². The number of hydrogen-bond donors (Lipinski definition) is 0. The number of fused-ring (bicyclic) bond motifs is 1. The fourth-order valence-corrected chi connectivity index (χ4v) is 4.25. The first-order chi connectivity index (χ1) is 15.2. The van der Waals surface area contributed by atoms with Crippen LogP contribution < -0.4 is 9.64 Å². The SMILES string of the molecule is C#CC[C@@H]1C(=O)N(CCN(C)C)c2cccc(C(F)(F)F)c2C[C@@H]1c1ccc(OC)cc1. The monoisotopic (exact) mass is 444 g/mol. The minimum atomic E-state index is -4.53. The maximum absolute atomic E-state index is 14.0. The predicted molar refractivity (Wildman–Crippen MR) is 119 cm³/mol.